The minimum absolute atomic E-state index is 0.269. The average Bonchev–Trinajstić information content (AvgIpc) is 2.10. The zero-order valence-electron chi connectivity index (χ0n) is 6.47. The van der Waals surface area contributed by atoms with Gasteiger partial charge >= 0.3 is 0 Å². The van der Waals surface area contributed by atoms with Gasteiger partial charge in [0.25, 0.3) is 0 Å². The van der Waals surface area contributed by atoms with Gasteiger partial charge in [-0.2, -0.15) is 0 Å². The van der Waals surface area contributed by atoms with Crippen LogP contribution in [0.5, 0.6) is 0 Å². The van der Waals surface area contributed by atoms with E-state index in [0.29, 0.717) is 12.6 Å². The number of likely N-dealkylation sites (tertiary alicyclic amines) is 1. The third-order valence-corrected chi connectivity index (χ3v) is 3.73. The lowest BCUT2D eigenvalue weighted by Gasteiger charge is -2.29. The highest BCUT2D eigenvalue weighted by Gasteiger charge is 2.37. The summed E-state index contributed by atoms with van der Waals surface area (Å²) in [6.07, 6.45) is 2.32. The third kappa shape index (κ3) is 1.46. The number of aliphatic hydroxyl groups excluding tert-OH is 1. The number of hydrogen-bond donors (Lipinski definition) is 1. The zero-order chi connectivity index (χ0) is 7.78. The van der Waals surface area contributed by atoms with Crippen molar-refractivity contribution >= 4 is 22.6 Å². The summed E-state index contributed by atoms with van der Waals surface area (Å²) in [5.41, 5.74) is 0. The van der Waals surface area contributed by atoms with Crippen LogP contribution >= 0.6 is 22.6 Å². The summed E-state index contributed by atoms with van der Waals surface area (Å²) in [5.74, 6) is 0. The van der Waals surface area contributed by atoms with Gasteiger partial charge in [-0.3, -0.25) is 4.90 Å². The summed E-state index contributed by atoms with van der Waals surface area (Å²) in [4.78, 5) is 2.26. The van der Waals surface area contributed by atoms with Crippen LogP contribution in [0, 0.1) is 0 Å². The van der Waals surface area contributed by atoms with Gasteiger partial charge in [-0.05, 0) is 26.8 Å². The predicted molar refractivity (Wildman–Crippen MR) is 50.3 cm³/mol. The summed E-state index contributed by atoms with van der Waals surface area (Å²) in [6, 6.07) is 0.391. The second kappa shape index (κ2) is 2.95. The van der Waals surface area contributed by atoms with Crippen molar-refractivity contribution < 1.29 is 5.11 Å². The number of nitrogens with zero attached hydrogens (tertiary/aromatic N) is 1. The maximum absolute atomic E-state index is 8.92. The fourth-order valence-corrected chi connectivity index (χ4v) is 2.10. The molecule has 2 unspecified atom stereocenters. The molecular formula is C7H14INO. The molecule has 0 aromatic rings. The monoisotopic (exact) mass is 255 g/mol. The van der Waals surface area contributed by atoms with Crippen LogP contribution in [0.15, 0.2) is 0 Å². The normalized spacial score (nSPS) is 42.6. The summed E-state index contributed by atoms with van der Waals surface area (Å²) >= 11 is 2.45. The molecule has 0 spiro atoms. The van der Waals surface area contributed by atoms with E-state index < -0.39 is 0 Å². The van der Waals surface area contributed by atoms with Gasteiger partial charge in [0.15, 0.2) is 0 Å². The van der Waals surface area contributed by atoms with E-state index in [0.717, 1.165) is 6.42 Å². The van der Waals surface area contributed by atoms with E-state index >= 15 is 0 Å². The van der Waals surface area contributed by atoms with Crippen molar-refractivity contribution in [1.29, 1.82) is 0 Å². The molecule has 0 radical (unpaired) electrons. The lowest BCUT2D eigenvalue weighted by atomic mass is 10.2. The molecule has 1 heterocycles. The fourth-order valence-electron chi connectivity index (χ4n) is 1.39. The SMILES string of the molecule is CN1C(CO)CCC1(C)I. The van der Waals surface area contributed by atoms with Crippen LogP contribution in [0.1, 0.15) is 19.8 Å². The van der Waals surface area contributed by atoms with Crippen LogP contribution in [0.3, 0.4) is 0 Å². The van der Waals surface area contributed by atoms with Crippen molar-refractivity contribution in [2.45, 2.75) is 29.4 Å². The number of halogens is 1. The van der Waals surface area contributed by atoms with Gasteiger partial charge in [0, 0.05) is 6.04 Å². The van der Waals surface area contributed by atoms with Gasteiger partial charge < -0.3 is 5.11 Å². The Morgan fingerprint density at radius 2 is 2.40 bits per heavy atom. The second-order valence-electron chi connectivity index (χ2n) is 3.13. The van der Waals surface area contributed by atoms with Crippen LogP contribution in [0.2, 0.25) is 0 Å². The molecule has 0 saturated carbocycles. The Morgan fingerprint density at radius 1 is 1.80 bits per heavy atom. The Labute approximate surface area is 75.7 Å². The van der Waals surface area contributed by atoms with Crippen LogP contribution < -0.4 is 0 Å². The smallest absolute Gasteiger partial charge is 0.0703 e. The molecule has 2 atom stereocenters. The average molecular weight is 255 g/mol. The van der Waals surface area contributed by atoms with Crippen LogP contribution in [-0.4, -0.2) is 33.2 Å². The van der Waals surface area contributed by atoms with Crippen molar-refractivity contribution in [1.82, 2.24) is 4.90 Å². The maximum Gasteiger partial charge on any atom is 0.0703 e. The molecule has 0 amide bonds. The Hall–Kier alpha value is 0.650. The van der Waals surface area contributed by atoms with E-state index in [4.69, 9.17) is 5.11 Å². The largest absolute Gasteiger partial charge is 0.395 e. The summed E-state index contributed by atoms with van der Waals surface area (Å²) in [5, 5.41) is 8.92. The molecule has 1 N–H and O–H groups in total. The molecule has 0 bridgehead atoms. The van der Waals surface area contributed by atoms with Crippen LogP contribution in [0.4, 0.5) is 0 Å². The molecule has 1 fully saturated rings. The van der Waals surface area contributed by atoms with Gasteiger partial charge in [-0.1, -0.05) is 22.6 Å². The standard InChI is InChI=1S/C7H14INO/c1-7(8)4-3-6(5-10)9(7)2/h6,10H,3-5H2,1-2H3. The summed E-state index contributed by atoms with van der Waals surface area (Å²) in [7, 11) is 2.08. The molecule has 1 aliphatic rings. The third-order valence-electron chi connectivity index (χ3n) is 2.43. The summed E-state index contributed by atoms with van der Waals surface area (Å²) < 4.78 is 0.269. The molecule has 2 nitrogen and oxygen atoms in total. The molecule has 1 rings (SSSR count). The summed E-state index contributed by atoms with van der Waals surface area (Å²) in [6.45, 7) is 2.51. The topological polar surface area (TPSA) is 23.5 Å². The minimum Gasteiger partial charge on any atom is -0.395 e. The molecule has 0 aromatic carbocycles. The Balaban J connectivity index is 2.58. The predicted octanol–water partition coefficient (Wildman–Crippen LogP) is 1.22. The molecular weight excluding hydrogens is 241 g/mol. The minimum atomic E-state index is 0.269. The van der Waals surface area contributed by atoms with E-state index in [1.807, 2.05) is 0 Å². The highest BCUT2D eigenvalue weighted by atomic mass is 127. The second-order valence-corrected chi connectivity index (χ2v) is 5.45. The highest BCUT2D eigenvalue weighted by Crippen LogP contribution is 2.37. The first-order valence-electron chi connectivity index (χ1n) is 3.60. The van der Waals surface area contributed by atoms with E-state index in [1.165, 1.54) is 6.42 Å². The van der Waals surface area contributed by atoms with Crippen molar-refractivity contribution in [3.63, 3.8) is 0 Å². The van der Waals surface area contributed by atoms with Gasteiger partial charge in [-0.25, -0.2) is 0 Å². The molecule has 1 saturated heterocycles. The van der Waals surface area contributed by atoms with Crippen molar-refractivity contribution in [3.8, 4) is 0 Å². The lowest BCUT2D eigenvalue weighted by molar-refractivity contribution is 0.155. The number of rotatable bonds is 1. The number of alkyl halides is 1. The van der Waals surface area contributed by atoms with Gasteiger partial charge in [0.05, 0.1) is 10.2 Å². The zero-order valence-corrected chi connectivity index (χ0v) is 8.63. The molecule has 0 aliphatic carbocycles. The number of hydrogen-bond acceptors (Lipinski definition) is 2. The Kier molecular flexibility index (Phi) is 2.58. The van der Waals surface area contributed by atoms with Crippen LogP contribution in [0.25, 0.3) is 0 Å². The van der Waals surface area contributed by atoms with Crippen molar-refractivity contribution in [2.75, 3.05) is 13.7 Å². The van der Waals surface area contributed by atoms with Gasteiger partial charge in [0.1, 0.15) is 0 Å². The molecule has 1 aliphatic heterocycles. The van der Waals surface area contributed by atoms with Crippen molar-refractivity contribution in [2.24, 2.45) is 0 Å². The van der Waals surface area contributed by atoms with Gasteiger partial charge in [0.2, 0.25) is 0 Å². The van der Waals surface area contributed by atoms with E-state index in [1.54, 1.807) is 0 Å². The molecule has 10 heavy (non-hydrogen) atoms. The lowest BCUT2D eigenvalue weighted by Crippen LogP contribution is -2.38. The molecule has 0 aromatic heterocycles. The first-order valence-corrected chi connectivity index (χ1v) is 4.68. The van der Waals surface area contributed by atoms with Gasteiger partial charge in [-0.15, -0.1) is 0 Å². The van der Waals surface area contributed by atoms with E-state index in [9.17, 15) is 0 Å². The first kappa shape index (κ1) is 8.74. The fraction of sp³-hybridized carbons (Fsp3) is 1.00. The van der Waals surface area contributed by atoms with E-state index in [2.05, 4.69) is 41.5 Å². The molecule has 3 heteroatoms. The van der Waals surface area contributed by atoms with E-state index in [-0.39, 0.29) is 3.55 Å². The first-order chi connectivity index (χ1) is 4.58. The molecule has 60 valence electrons. The van der Waals surface area contributed by atoms with Crippen LogP contribution in [-0.2, 0) is 0 Å². The number of likely N-dealkylation sites (N-methyl/N-ethyl adjacent to an activating group) is 1. The Bertz CT molecular complexity index is 127. The van der Waals surface area contributed by atoms with Crippen molar-refractivity contribution in [3.05, 3.63) is 0 Å². The maximum atomic E-state index is 8.92. The Morgan fingerprint density at radius 3 is 2.60 bits per heavy atom. The number of aliphatic hydroxyl groups is 1. The quantitative estimate of drug-likeness (QED) is 0.432. The highest BCUT2D eigenvalue weighted by molar-refractivity contribution is 14.1.